The monoisotopic (exact) mass is 383 g/mol. The number of pyridine rings is 1. The summed E-state index contributed by atoms with van der Waals surface area (Å²) in [7, 11) is 0. The lowest BCUT2D eigenvalue weighted by Crippen LogP contribution is -2.43. The number of aromatic nitrogens is 1. The SMILES string of the molecule is O=C(COC(=O)c1cc(=O)[nH]c2ccccc12)NNC(=O)c1ccccc1F. The van der Waals surface area contributed by atoms with Crippen LogP contribution in [0, 0.1) is 5.82 Å². The van der Waals surface area contributed by atoms with Crippen molar-refractivity contribution in [3.63, 3.8) is 0 Å². The van der Waals surface area contributed by atoms with E-state index in [9.17, 15) is 23.6 Å². The number of aromatic amines is 1. The topological polar surface area (TPSA) is 117 Å². The first-order chi connectivity index (χ1) is 13.5. The quantitative estimate of drug-likeness (QED) is 0.464. The molecule has 0 radical (unpaired) electrons. The van der Waals surface area contributed by atoms with Gasteiger partial charge in [0, 0.05) is 17.0 Å². The van der Waals surface area contributed by atoms with Gasteiger partial charge in [0.25, 0.3) is 11.8 Å². The van der Waals surface area contributed by atoms with Crippen LogP contribution in [0.25, 0.3) is 10.9 Å². The first kappa shape index (κ1) is 18.8. The van der Waals surface area contributed by atoms with Crippen molar-refractivity contribution < 1.29 is 23.5 Å². The molecule has 0 fully saturated rings. The average Bonchev–Trinajstić information content (AvgIpc) is 2.69. The molecular weight excluding hydrogens is 369 g/mol. The molecule has 1 aromatic heterocycles. The van der Waals surface area contributed by atoms with E-state index in [-0.39, 0.29) is 11.1 Å². The van der Waals surface area contributed by atoms with Crippen molar-refractivity contribution in [3.8, 4) is 0 Å². The van der Waals surface area contributed by atoms with E-state index in [1.807, 2.05) is 10.9 Å². The van der Waals surface area contributed by atoms with Gasteiger partial charge < -0.3 is 9.72 Å². The number of carbonyl (C=O) groups is 3. The maximum absolute atomic E-state index is 13.5. The van der Waals surface area contributed by atoms with E-state index in [1.54, 1.807) is 24.3 Å². The standard InChI is InChI=1S/C19H14FN3O5/c20-14-7-3-1-6-12(14)18(26)23-22-17(25)10-28-19(27)13-9-16(24)21-15-8-4-2-5-11(13)15/h1-9H,10H2,(H,21,24)(H,22,25)(H,23,26). The summed E-state index contributed by atoms with van der Waals surface area (Å²) in [5.74, 6) is -3.33. The molecule has 3 N–H and O–H groups in total. The minimum atomic E-state index is -0.877. The maximum atomic E-state index is 13.5. The summed E-state index contributed by atoms with van der Waals surface area (Å²) in [6, 6.07) is 12.9. The van der Waals surface area contributed by atoms with E-state index in [4.69, 9.17) is 4.74 Å². The van der Waals surface area contributed by atoms with Gasteiger partial charge in [0.05, 0.1) is 11.1 Å². The second-order valence-electron chi connectivity index (χ2n) is 5.65. The molecule has 0 saturated carbocycles. The fourth-order valence-corrected chi connectivity index (χ4v) is 2.46. The van der Waals surface area contributed by atoms with Gasteiger partial charge in [0.2, 0.25) is 5.56 Å². The molecule has 9 heteroatoms. The van der Waals surface area contributed by atoms with Gasteiger partial charge in [-0.1, -0.05) is 30.3 Å². The third kappa shape index (κ3) is 4.21. The smallest absolute Gasteiger partial charge is 0.339 e. The number of halogens is 1. The van der Waals surface area contributed by atoms with E-state index < -0.39 is 35.8 Å². The van der Waals surface area contributed by atoms with Crippen LogP contribution in [0.1, 0.15) is 20.7 Å². The predicted octanol–water partition coefficient (Wildman–Crippen LogP) is 1.29. The molecule has 2 aromatic carbocycles. The van der Waals surface area contributed by atoms with Crippen molar-refractivity contribution in [1.82, 2.24) is 15.8 Å². The second kappa shape index (κ2) is 8.12. The molecule has 0 atom stereocenters. The molecule has 1 heterocycles. The number of para-hydroxylation sites is 1. The number of nitrogens with one attached hydrogen (secondary N) is 3. The number of hydrogen-bond acceptors (Lipinski definition) is 5. The molecule has 0 aliphatic rings. The van der Waals surface area contributed by atoms with Crippen LogP contribution in [0.15, 0.2) is 59.4 Å². The summed E-state index contributed by atoms with van der Waals surface area (Å²) >= 11 is 0. The lowest BCUT2D eigenvalue weighted by Gasteiger charge is -2.09. The molecule has 0 spiro atoms. The molecule has 0 bridgehead atoms. The Labute approximate surface area is 157 Å². The van der Waals surface area contributed by atoms with Gasteiger partial charge in [0.1, 0.15) is 5.82 Å². The number of hydrazine groups is 1. The van der Waals surface area contributed by atoms with Gasteiger partial charge in [-0.05, 0) is 18.2 Å². The number of esters is 1. The van der Waals surface area contributed by atoms with Crippen molar-refractivity contribution >= 4 is 28.7 Å². The largest absolute Gasteiger partial charge is 0.452 e. The van der Waals surface area contributed by atoms with E-state index in [0.717, 1.165) is 12.1 Å². The van der Waals surface area contributed by atoms with Crippen molar-refractivity contribution in [1.29, 1.82) is 0 Å². The Morgan fingerprint density at radius 1 is 0.964 bits per heavy atom. The Morgan fingerprint density at radius 2 is 1.68 bits per heavy atom. The summed E-state index contributed by atoms with van der Waals surface area (Å²) < 4.78 is 18.4. The van der Waals surface area contributed by atoms with Crippen LogP contribution in [0.3, 0.4) is 0 Å². The van der Waals surface area contributed by atoms with Gasteiger partial charge >= 0.3 is 5.97 Å². The van der Waals surface area contributed by atoms with Crippen LogP contribution in [-0.4, -0.2) is 29.4 Å². The third-order valence-corrected chi connectivity index (χ3v) is 3.74. The number of fused-ring (bicyclic) bond motifs is 1. The minimum absolute atomic E-state index is 0.00235. The number of H-pyrrole nitrogens is 1. The highest BCUT2D eigenvalue weighted by molar-refractivity contribution is 6.03. The Balaban J connectivity index is 1.59. The van der Waals surface area contributed by atoms with Crippen LogP contribution in [-0.2, 0) is 9.53 Å². The zero-order valence-electron chi connectivity index (χ0n) is 14.3. The summed E-state index contributed by atoms with van der Waals surface area (Å²) in [5, 5.41) is 0.459. The maximum Gasteiger partial charge on any atom is 0.339 e. The van der Waals surface area contributed by atoms with Gasteiger partial charge in [0.15, 0.2) is 6.61 Å². The zero-order chi connectivity index (χ0) is 20.1. The lowest BCUT2D eigenvalue weighted by molar-refractivity contribution is -0.125. The van der Waals surface area contributed by atoms with Gasteiger partial charge in [-0.25, -0.2) is 9.18 Å². The van der Waals surface area contributed by atoms with Crippen molar-refractivity contribution in [2.45, 2.75) is 0 Å². The number of carbonyl (C=O) groups excluding carboxylic acids is 3. The highest BCUT2D eigenvalue weighted by Gasteiger charge is 2.16. The first-order valence-electron chi connectivity index (χ1n) is 8.08. The Hall–Kier alpha value is -4.01. The van der Waals surface area contributed by atoms with Crippen LogP contribution in [0.4, 0.5) is 4.39 Å². The number of benzene rings is 2. The zero-order valence-corrected chi connectivity index (χ0v) is 14.3. The average molecular weight is 383 g/mol. The van der Waals surface area contributed by atoms with Crippen molar-refractivity contribution in [2.75, 3.05) is 6.61 Å². The third-order valence-electron chi connectivity index (χ3n) is 3.74. The van der Waals surface area contributed by atoms with Crippen molar-refractivity contribution in [2.24, 2.45) is 0 Å². The highest BCUT2D eigenvalue weighted by atomic mass is 19.1. The summed E-state index contributed by atoms with van der Waals surface area (Å²) in [6.45, 7) is -0.711. The molecular formula is C19H14FN3O5. The fraction of sp³-hybridized carbons (Fsp3) is 0.0526. The van der Waals surface area contributed by atoms with Crippen LogP contribution in [0.5, 0.6) is 0 Å². The number of ether oxygens (including phenoxy) is 1. The van der Waals surface area contributed by atoms with Crippen LogP contribution >= 0.6 is 0 Å². The molecule has 0 unspecified atom stereocenters. The summed E-state index contributed by atoms with van der Waals surface area (Å²) in [5.41, 5.74) is 3.73. The molecule has 2 amide bonds. The molecule has 28 heavy (non-hydrogen) atoms. The van der Waals surface area contributed by atoms with E-state index in [0.29, 0.717) is 10.9 Å². The van der Waals surface area contributed by atoms with Gasteiger partial charge in [-0.2, -0.15) is 0 Å². The Kier molecular flexibility index (Phi) is 5.45. The Morgan fingerprint density at radius 3 is 2.46 bits per heavy atom. The number of amides is 2. The van der Waals surface area contributed by atoms with E-state index >= 15 is 0 Å². The minimum Gasteiger partial charge on any atom is -0.452 e. The first-order valence-corrected chi connectivity index (χ1v) is 8.08. The highest BCUT2D eigenvalue weighted by Crippen LogP contribution is 2.15. The lowest BCUT2D eigenvalue weighted by atomic mass is 10.1. The van der Waals surface area contributed by atoms with E-state index in [2.05, 4.69) is 4.98 Å². The van der Waals surface area contributed by atoms with Crippen molar-refractivity contribution in [3.05, 3.63) is 81.9 Å². The van der Waals surface area contributed by atoms with Crippen LogP contribution < -0.4 is 16.4 Å². The normalized spacial score (nSPS) is 10.3. The summed E-state index contributed by atoms with van der Waals surface area (Å²) in [6.07, 6.45) is 0. The molecule has 8 nitrogen and oxygen atoms in total. The molecule has 0 aliphatic heterocycles. The molecule has 142 valence electrons. The second-order valence-corrected chi connectivity index (χ2v) is 5.65. The number of hydrogen-bond donors (Lipinski definition) is 3. The summed E-state index contributed by atoms with van der Waals surface area (Å²) in [4.78, 5) is 50.0. The van der Waals surface area contributed by atoms with E-state index in [1.165, 1.54) is 18.2 Å². The molecule has 0 saturated heterocycles. The van der Waals surface area contributed by atoms with Crippen LogP contribution in [0.2, 0.25) is 0 Å². The van der Waals surface area contributed by atoms with Gasteiger partial charge in [-0.3, -0.25) is 25.2 Å². The molecule has 3 aromatic rings. The predicted molar refractivity (Wildman–Crippen MR) is 96.9 cm³/mol. The Bertz CT molecular complexity index is 1130. The fourth-order valence-electron chi connectivity index (χ4n) is 2.46. The number of rotatable bonds is 4. The van der Waals surface area contributed by atoms with Gasteiger partial charge in [-0.15, -0.1) is 0 Å². The molecule has 0 aliphatic carbocycles. The molecule has 3 rings (SSSR count).